The average molecular weight is 382 g/mol. The van der Waals surface area contributed by atoms with Crippen molar-refractivity contribution < 1.29 is 19.4 Å². The van der Waals surface area contributed by atoms with Gasteiger partial charge >= 0.3 is 0 Å². The lowest BCUT2D eigenvalue weighted by atomic mass is 9.73. The second-order valence-electron chi connectivity index (χ2n) is 7.85. The maximum Gasteiger partial charge on any atom is 0.242 e. The summed E-state index contributed by atoms with van der Waals surface area (Å²) < 4.78 is 4.94. The van der Waals surface area contributed by atoms with Gasteiger partial charge in [0.25, 0.3) is 0 Å². The highest BCUT2D eigenvalue weighted by molar-refractivity contribution is 5.89. The zero-order valence-electron chi connectivity index (χ0n) is 16.1. The molecule has 2 amide bonds. The van der Waals surface area contributed by atoms with Crippen molar-refractivity contribution in [2.45, 2.75) is 37.3 Å². The van der Waals surface area contributed by atoms with E-state index in [-0.39, 0.29) is 48.9 Å². The third kappa shape index (κ3) is 3.30. The number of ether oxygens (including phenoxy) is 1. The molecule has 0 unspecified atom stereocenters. The van der Waals surface area contributed by atoms with Crippen LogP contribution in [-0.4, -0.2) is 72.2 Å². The van der Waals surface area contributed by atoms with Crippen molar-refractivity contribution in [2.24, 2.45) is 5.92 Å². The van der Waals surface area contributed by atoms with Crippen molar-refractivity contribution in [3.63, 3.8) is 0 Å². The third-order valence-corrected chi connectivity index (χ3v) is 6.26. The van der Waals surface area contributed by atoms with E-state index in [4.69, 9.17) is 4.74 Å². The maximum absolute atomic E-state index is 12.6. The smallest absolute Gasteiger partial charge is 0.242 e. The van der Waals surface area contributed by atoms with Crippen LogP contribution >= 0.6 is 0 Å². The molecule has 28 heavy (non-hydrogen) atoms. The number of carbonyl (C=O) groups is 2. The molecular formula is C22H26N2O4. The molecule has 148 valence electrons. The summed E-state index contributed by atoms with van der Waals surface area (Å²) in [5, 5.41) is 9.87. The summed E-state index contributed by atoms with van der Waals surface area (Å²) in [7, 11) is 1.61. The van der Waals surface area contributed by atoms with E-state index in [0.717, 1.165) is 30.4 Å². The number of carbonyl (C=O) groups excluding carboxylic acids is 2. The molecule has 1 aliphatic carbocycles. The van der Waals surface area contributed by atoms with Crippen LogP contribution in [0.5, 0.6) is 0 Å². The van der Waals surface area contributed by atoms with Gasteiger partial charge in [-0.1, -0.05) is 30.4 Å². The van der Waals surface area contributed by atoms with Gasteiger partial charge in [0.2, 0.25) is 11.8 Å². The molecule has 2 saturated heterocycles. The zero-order chi connectivity index (χ0) is 19.7. The minimum atomic E-state index is -0.219. The largest absolute Gasteiger partial charge is 0.394 e. The van der Waals surface area contributed by atoms with Crippen molar-refractivity contribution in [3.8, 4) is 11.8 Å². The highest BCUT2D eigenvalue weighted by Gasteiger charge is 2.54. The van der Waals surface area contributed by atoms with Gasteiger partial charge in [0, 0.05) is 31.1 Å². The second kappa shape index (κ2) is 7.94. The van der Waals surface area contributed by atoms with Gasteiger partial charge in [-0.05, 0) is 30.5 Å². The Bertz CT molecular complexity index is 806. The van der Waals surface area contributed by atoms with Gasteiger partial charge in [0.15, 0.2) is 0 Å². The molecular weight excluding hydrogens is 356 g/mol. The van der Waals surface area contributed by atoms with Gasteiger partial charge in [-0.3, -0.25) is 9.59 Å². The molecule has 3 atom stereocenters. The van der Waals surface area contributed by atoms with Crippen LogP contribution in [0.25, 0.3) is 0 Å². The van der Waals surface area contributed by atoms with Gasteiger partial charge in [-0.2, -0.15) is 0 Å². The molecule has 1 saturated carbocycles. The first-order valence-corrected chi connectivity index (χ1v) is 9.92. The Labute approximate surface area is 165 Å². The fraction of sp³-hybridized carbons (Fsp3) is 0.545. The number of rotatable bonds is 4. The topological polar surface area (TPSA) is 70.1 Å². The molecule has 2 aliphatic heterocycles. The molecule has 1 N–H and O–H groups in total. The summed E-state index contributed by atoms with van der Waals surface area (Å²) in [4.78, 5) is 28.8. The molecule has 1 aromatic rings. The van der Waals surface area contributed by atoms with E-state index in [1.165, 1.54) is 0 Å². The Balaban J connectivity index is 1.51. The summed E-state index contributed by atoms with van der Waals surface area (Å²) in [5.74, 6) is 6.16. The molecule has 0 radical (unpaired) electrons. The van der Waals surface area contributed by atoms with Crippen molar-refractivity contribution in [1.29, 1.82) is 0 Å². The Morgan fingerprint density at radius 3 is 2.64 bits per heavy atom. The summed E-state index contributed by atoms with van der Waals surface area (Å²) in [6.07, 6.45) is 2.97. The maximum atomic E-state index is 12.6. The number of methoxy groups -OCH3 is 1. The molecule has 4 rings (SSSR count). The number of amides is 2. The van der Waals surface area contributed by atoms with Crippen molar-refractivity contribution in [3.05, 3.63) is 35.4 Å². The molecule has 6 heteroatoms. The third-order valence-electron chi connectivity index (χ3n) is 6.26. The van der Waals surface area contributed by atoms with E-state index in [9.17, 15) is 14.7 Å². The van der Waals surface area contributed by atoms with Gasteiger partial charge in [0.05, 0.1) is 25.2 Å². The van der Waals surface area contributed by atoms with Gasteiger partial charge in [-0.15, -0.1) is 0 Å². The minimum absolute atomic E-state index is 0.0342. The number of hydrogen-bond acceptors (Lipinski definition) is 4. The van der Waals surface area contributed by atoms with Crippen molar-refractivity contribution in [1.82, 2.24) is 9.80 Å². The Kier molecular flexibility index (Phi) is 5.38. The number of aliphatic hydroxyl groups is 1. The Hall–Kier alpha value is -2.36. The number of hydrogen-bond donors (Lipinski definition) is 1. The fourth-order valence-corrected chi connectivity index (χ4v) is 4.58. The summed E-state index contributed by atoms with van der Waals surface area (Å²) in [6.45, 7) is 1.01. The summed E-state index contributed by atoms with van der Waals surface area (Å²) in [5.41, 5.74) is 1.97. The van der Waals surface area contributed by atoms with E-state index in [2.05, 4.69) is 11.8 Å². The molecule has 1 aromatic carbocycles. The lowest BCUT2D eigenvalue weighted by Gasteiger charge is -2.59. The predicted octanol–water partition coefficient (Wildman–Crippen LogP) is 0.982. The first-order chi connectivity index (χ1) is 13.6. The average Bonchev–Trinajstić information content (AvgIpc) is 2.63. The Morgan fingerprint density at radius 2 is 2.04 bits per heavy atom. The number of piperazine rings is 1. The monoisotopic (exact) mass is 382 g/mol. The molecule has 0 spiro atoms. The number of benzene rings is 1. The van der Waals surface area contributed by atoms with Crippen LogP contribution in [0.4, 0.5) is 0 Å². The van der Waals surface area contributed by atoms with Crippen LogP contribution in [0.3, 0.4) is 0 Å². The molecule has 2 heterocycles. The van der Waals surface area contributed by atoms with Crippen LogP contribution in [0.15, 0.2) is 24.3 Å². The molecule has 6 nitrogen and oxygen atoms in total. The first-order valence-electron chi connectivity index (χ1n) is 9.92. The van der Waals surface area contributed by atoms with E-state index in [1.807, 2.05) is 24.3 Å². The number of aliphatic hydroxyl groups excluding tert-OH is 1. The molecule has 3 fully saturated rings. The quantitative estimate of drug-likeness (QED) is 0.789. The van der Waals surface area contributed by atoms with Crippen LogP contribution in [0, 0.1) is 17.8 Å². The zero-order valence-corrected chi connectivity index (χ0v) is 16.1. The normalized spacial score (nSPS) is 26.6. The Morgan fingerprint density at radius 1 is 1.29 bits per heavy atom. The second-order valence-corrected chi connectivity index (χ2v) is 7.85. The summed E-state index contributed by atoms with van der Waals surface area (Å²) >= 11 is 0. The van der Waals surface area contributed by atoms with Crippen LogP contribution < -0.4 is 0 Å². The number of fused-ring (bicyclic) bond motifs is 1. The van der Waals surface area contributed by atoms with Crippen LogP contribution in [0.2, 0.25) is 0 Å². The van der Waals surface area contributed by atoms with Crippen LogP contribution in [0.1, 0.15) is 36.3 Å². The van der Waals surface area contributed by atoms with E-state index >= 15 is 0 Å². The highest BCUT2D eigenvalue weighted by Crippen LogP contribution is 2.43. The molecule has 0 aromatic heterocycles. The summed E-state index contributed by atoms with van der Waals surface area (Å²) in [6, 6.07) is 7.66. The fourth-order valence-electron chi connectivity index (χ4n) is 4.58. The van der Waals surface area contributed by atoms with Crippen LogP contribution in [-0.2, 0) is 14.3 Å². The molecule has 0 bridgehead atoms. The SMILES string of the molecule is COCC#Cc1ccc([C@H]2[C@@H](CO)N3C(=O)CN(C(=O)C4CCC4)C[C@@H]23)cc1. The van der Waals surface area contributed by atoms with Crippen molar-refractivity contribution in [2.75, 3.05) is 33.4 Å². The first kappa shape index (κ1) is 19.0. The standard InChI is InChI=1S/C22H26N2O4/c1-28-11-3-4-15-7-9-16(10-8-15)21-18-12-23(22(27)17-5-2-6-17)13-20(26)24(18)19(21)14-25/h7-10,17-19,21,25H,2,5-6,11-14H2,1H3/t18-,19+,21+/m0/s1. The minimum Gasteiger partial charge on any atom is -0.394 e. The van der Waals surface area contributed by atoms with E-state index < -0.39 is 0 Å². The van der Waals surface area contributed by atoms with E-state index in [0.29, 0.717) is 13.2 Å². The van der Waals surface area contributed by atoms with Gasteiger partial charge in [0.1, 0.15) is 6.61 Å². The van der Waals surface area contributed by atoms with Gasteiger partial charge in [-0.25, -0.2) is 0 Å². The lowest BCUT2D eigenvalue weighted by molar-refractivity contribution is -0.169. The van der Waals surface area contributed by atoms with Gasteiger partial charge < -0.3 is 19.6 Å². The van der Waals surface area contributed by atoms with E-state index in [1.54, 1.807) is 16.9 Å². The predicted molar refractivity (Wildman–Crippen MR) is 103 cm³/mol. The van der Waals surface area contributed by atoms with Crippen molar-refractivity contribution >= 4 is 11.8 Å². The molecule has 3 aliphatic rings. The lowest BCUT2D eigenvalue weighted by Crippen LogP contribution is -2.73. The highest BCUT2D eigenvalue weighted by atomic mass is 16.5. The number of nitrogens with zero attached hydrogens (tertiary/aromatic N) is 2.